The van der Waals surface area contributed by atoms with Gasteiger partial charge in [-0.1, -0.05) is 182 Å². The van der Waals surface area contributed by atoms with Gasteiger partial charge in [-0.15, -0.1) is 0 Å². The standard InChI is InChI=1S/C57H34N4S/c58-35-36-23-25-37(26-24-36)42-30-31-43(45-18-8-7-17-44(42)45)40-27-29-47-46-19-9-10-20-48(46)57(50(47)33-40)49-21-11-12-22-52(49)62-53-32-28-41(34-51(53)57)56-60-54(38-13-3-1-4-14-38)59-55(61-56)39-15-5-2-6-16-39/h1-34H. The lowest BCUT2D eigenvalue weighted by Gasteiger charge is -2.40. The van der Waals surface area contributed by atoms with Crippen LogP contribution in [-0.2, 0) is 5.41 Å². The van der Waals surface area contributed by atoms with Crippen LogP contribution in [0.4, 0.5) is 0 Å². The topological polar surface area (TPSA) is 62.5 Å². The monoisotopic (exact) mass is 806 g/mol. The number of hydrogen-bond acceptors (Lipinski definition) is 5. The lowest BCUT2D eigenvalue weighted by molar-refractivity contribution is 0.723. The molecule has 1 aliphatic heterocycles. The lowest BCUT2D eigenvalue weighted by Crippen LogP contribution is -2.32. The number of nitrogens with zero attached hydrogens (tertiary/aromatic N) is 4. The summed E-state index contributed by atoms with van der Waals surface area (Å²) in [6.45, 7) is 0. The van der Waals surface area contributed by atoms with Crippen molar-refractivity contribution in [2.24, 2.45) is 0 Å². The molecule has 4 nitrogen and oxygen atoms in total. The third-order valence-electron chi connectivity index (χ3n) is 12.5. The number of fused-ring (bicyclic) bond motifs is 10. The summed E-state index contributed by atoms with van der Waals surface area (Å²) in [6, 6.07) is 75.3. The number of benzene rings is 9. The maximum atomic E-state index is 9.46. The van der Waals surface area contributed by atoms with Gasteiger partial charge in [0.2, 0.25) is 0 Å². The third-order valence-corrected chi connectivity index (χ3v) is 13.6. The van der Waals surface area contributed by atoms with E-state index in [9.17, 15) is 5.26 Å². The quantitative estimate of drug-likeness (QED) is 0.173. The Balaban J connectivity index is 1.09. The van der Waals surface area contributed by atoms with Crippen molar-refractivity contribution in [1.29, 1.82) is 5.26 Å². The molecule has 288 valence electrons. The Hall–Kier alpha value is -7.91. The van der Waals surface area contributed by atoms with Crippen LogP contribution in [0, 0.1) is 11.3 Å². The van der Waals surface area contributed by atoms with Crippen molar-refractivity contribution >= 4 is 22.5 Å². The highest BCUT2D eigenvalue weighted by Crippen LogP contribution is 2.63. The van der Waals surface area contributed by atoms with Crippen molar-refractivity contribution in [3.8, 4) is 73.6 Å². The summed E-state index contributed by atoms with van der Waals surface area (Å²) < 4.78 is 0. The summed E-state index contributed by atoms with van der Waals surface area (Å²) in [6.07, 6.45) is 0. The van der Waals surface area contributed by atoms with E-state index in [0.29, 0.717) is 23.0 Å². The SMILES string of the molecule is N#Cc1ccc(-c2ccc(-c3ccc4c(c3)C3(c5ccccc5Sc5ccc(-c6nc(-c7ccccc7)nc(-c7ccccc7)n6)cc53)c3ccccc3-4)c3ccccc23)cc1. The van der Waals surface area contributed by atoms with Crippen LogP contribution in [0.3, 0.4) is 0 Å². The normalized spacial score (nSPS) is 14.4. The molecule has 0 N–H and O–H groups in total. The zero-order valence-corrected chi connectivity index (χ0v) is 34.1. The zero-order valence-electron chi connectivity index (χ0n) is 33.3. The van der Waals surface area contributed by atoms with Gasteiger partial charge in [-0.3, -0.25) is 0 Å². The molecule has 1 aliphatic carbocycles. The Labute approximate surface area is 363 Å². The molecule has 0 radical (unpaired) electrons. The predicted molar refractivity (Wildman–Crippen MR) is 251 cm³/mol. The molecule has 1 atom stereocenters. The Morgan fingerprint density at radius 3 is 1.52 bits per heavy atom. The first-order valence-corrected chi connectivity index (χ1v) is 21.6. The minimum absolute atomic E-state index is 0.620. The largest absolute Gasteiger partial charge is 0.208 e. The minimum atomic E-state index is -0.620. The first kappa shape index (κ1) is 36.0. The first-order valence-electron chi connectivity index (χ1n) is 20.7. The number of hydrogen-bond donors (Lipinski definition) is 0. The maximum absolute atomic E-state index is 9.46. The fourth-order valence-electron chi connectivity index (χ4n) is 9.67. The van der Waals surface area contributed by atoms with Gasteiger partial charge in [0.15, 0.2) is 17.5 Å². The van der Waals surface area contributed by atoms with Gasteiger partial charge in [0.1, 0.15) is 0 Å². The average molecular weight is 807 g/mol. The van der Waals surface area contributed by atoms with Crippen LogP contribution in [0.25, 0.3) is 78.3 Å². The van der Waals surface area contributed by atoms with Gasteiger partial charge < -0.3 is 0 Å². The molecule has 10 aromatic rings. The molecule has 0 amide bonds. The summed E-state index contributed by atoms with van der Waals surface area (Å²) in [5.74, 6) is 1.91. The lowest BCUT2D eigenvalue weighted by atomic mass is 9.66. The Kier molecular flexibility index (Phi) is 8.35. The summed E-state index contributed by atoms with van der Waals surface area (Å²) >= 11 is 1.83. The van der Waals surface area contributed by atoms with E-state index in [-0.39, 0.29) is 0 Å². The van der Waals surface area contributed by atoms with Crippen LogP contribution in [0.1, 0.15) is 27.8 Å². The highest BCUT2D eigenvalue weighted by Gasteiger charge is 2.50. The molecule has 62 heavy (non-hydrogen) atoms. The van der Waals surface area contributed by atoms with E-state index in [1.54, 1.807) is 0 Å². The van der Waals surface area contributed by atoms with Crippen molar-refractivity contribution < 1.29 is 0 Å². The second kappa shape index (κ2) is 14.4. The Morgan fingerprint density at radius 2 is 0.839 bits per heavy atom. The second-order valence-corrected chi connectivity index (χ2v) is 16.9. The maximum Gasteiger partial charge on any atom is 0.164 e. The van der Waals surface area contributed by atoms with Gasteiger partial charge in [-0.05, 0) is 103 Å². The van der Waals surface area contributed by atoms with Gasteiger partial charge in [-0.25, -0.2) is 15.0 Å². The Bertz CT molecular complexity index is 3390. The van der Waals surface area contributed by atoms with Gasteiger partial charge in [-0.2, -0.15) is 5.26 Å². The van der Waals surface area contributed by atoms with Gasteiger partial charge >= 0.3 is 0 Å². The van der Waals surface area contributed by atoms with Crippen LogP contribution in [-0.4, -0.2) is 15.0 Å². The second-order valence-electron chi connectivity index (χ2n) is 15.8. The molecular weight excluding hydrogens is 773 g/mol. The molecule has 1 aromatic heterocycles. The Morgan fingerprint density at radius 1 is 0.355 bits per heavy atom. The van der Waals surface area contributed by atoms with Crippen molar-refractivity contribution in [2.75, 3.05) is 0 Å². The molecule has 0 saturated carbocycles. The number of rotatable bonds is 5. The van der Waals surface area contributed by atoms with Gasteiger partial charge in [0.25, 0.3) is 0 Å². The van der Waals surface area contributed by atoms with Crippen molar-refractivity contribution in [3.63, 3.8) is 0 Å². The average Bonchev–Trinajstić information content (AvgIpc) is 3.64. The highest BCUT2D eigenvalue weighted by atomic mass is 32.2. The van der Waals surface area contributed by atoms with E-state index in [1.165, 1.54) is 59.5 Å². The molecule has 0 bridgehead atoms. The summed E-state index contributed by atoms with van der Waals surface area (Å²) in [7, 11) is 0. The number of nitriles is 1. The van der Waals surface area contributed by atoms with E-state index in [4.69, 9.17) is 15.0 Å². The van der Waals surface area contributed by atoms with Crippen molar-refractivity contribution in [2.45, 2.75) is 15.2 Å². The molecule has 0 saturated heterocycles. The molecule has 12 rings (SSSR count). The summed E-state index contributed by atoms with van der Waals surface area (Å²) in [5, 5.41) is 11.8. The van der Waals surface area contributed by atoms with Crippen LogP contribution in [0.2, 0.25) is 0 Å². The fraction of sp³-hybridized carbons (Fsp3) is 0.0175. The molecule has 0 fully saturated rings. The van der Waals surface area contributed by atoms with Crippen molar-refractivity contribution in [3.05, 3.63) is 234 Å². The molecule has 2 aliphatic rings. The van der Waals surface area contributed by atoms with Crippen LogP contribution >= 0.6 is 11.8 Å². The van der Waals surface area contributed by atoms with E-state index in [2.05, 4.69) is 152 Å². The molecule has 5 heteroatoms. The van der Waals surface area contributed by atoms with Gasteiger partial charge in [0.05, 0.1) is 17.0 Å². The molecule has 1 unspecified atom stereocenters. The molecular formula is C57H34N4S. The van der Waals surface area contributed by atoms with E-state index in [0.717, 1.165) is 33.4 Å². The minimum Gasteiger partial charge on any atom is -0.208 e. The van der Waals surface area contributed by atoms with Crippen LogP contribution in [0.15, 0.2) is 216 Å². The number of aromatic nitrogens is 3. The van der Waals surface area contributed by atoms with E-state index >= 15 is 0 Å². The fourth-order valence-corrected chi connectivity index (χ4v) is 10.8. The third kappa shape index (κ3) is 5.58. The summed E-state index contributed by atoms with van der Waals surface area (Å²) in [4.78, 5) is 17.8. The molecule has 9 aromatic carbocycles. The van der Waals surface area contributed by atoms with E-state index < -0.39 is 5.41 Å². The van der Waals surface area contributed by atoms with Crippen LogP contribution in [0.5, 0.6) is 0 Å². The first-order chi connectivity index (χ1) is 30.7. The van der Waals surface area contributed by atoms with E-state index in [1.807, 2.05) is 72.4 Å². The predicted octanol–water partition coefficient (Wildman–Crippen LogP) is 14.1. The molecule has 1 spiro atoms. The van der Waals surface area contributed by atoms with Crippen molar-refractivity contribution in [1.82, 2.24) is 15.0 Å². The highest BCUT2D eigenvalue weighted by molar-refractivity contribution is 7.99. The summed E-state index contributed by atoms with van der Waals surface area (Å²) in [5.41, 5.74) is 14.9. The smallest absolute Gasteiger partial charge is 0.164 e. The zero-order chi connectivity index (χ0) is 41.2. The van der Waals surface area contributed by atoms with Crippen LogP contribution < -0.4 is 0 Å². The van der Waals surface area contributed by atoms with Gasteiger partial charge in [0, 0.05) is 26.5 Å². The molecule has 2 heterocycles.